The number of halogens is 2. The number of hydrogen-bond donors (Lipinski definition) is 1. The van der Waals surface area contributed by atoms with Crippen molar-refractivity contribution in [1.29, 1.82) is 0 Å². The summed E-state index contributed by atoms with van der Waals surface area (Å²) >= 11 is 9.85. The first-order valence-electron chi connectivity index (χ1n) is 6.12. The molecule has 0 amide bonds. The molecule has 4 heteroatoms. The highest BCUT2D eigenvalue weighted by atomic mass is 79.9. The van der Waals surface area contributed by atoms with Gasteiger partial charge in [0.15, 0.2) is 0 Å². The Morgan fingerprint density at radius 2 is 2.12 bits per heavy atom. The van der Waals surface area contributed by atoms with Gasteiger partial charge in [-0.15, -0.1) is 0 Å². The van der Waals surface area contributed by atoms with Crippen molar-refractivity contribution in [2.45, 2.75) is 37.8 Å². The zero-order valence-electron chi connectivity index (χ0n) is 9.51. The first-order chi connectivity index (χ1) is 8.25. The molecule has 1 fully saturated rings. The van der Waals surface area contributed by atoms with Crippen LogP contribution in [0.15, 0.2) is 16.6 Å². The lowest BCUT2D eigenvalue weighted by Crippen LogP contribution is -2.23. The van der Waals surface area contributed by atoms with E-state index in [9.17, 15) is 0 Å². The van der Waals surface area contributed by atoms with E-state index in [1.807, 2.05) is 12.1 Å². The smallest absolute Gasteiger partial charge is 0.143 e. The SMILES string of the molecule is Clc1ccc(Br)c2c1OCCCC2NC1CC1. The van der Waals surface area contributed by atoms with Gasteiger partial charge in [-0.25, -0.2) is 0 Å². The Morgan fingerprint density at radius 3 is 2.88 bits per heavy atom. The zero-order valence-corrected chi connectivity index (χ0v) is 11.9. The van der Waals surface area contributed by atoms with Crippen molar-refractivity contribution in [2.75, 3.05) is 6.61 Å². The maximum Gasteiger partial charge on any atom is 0.143 e. The predicted molar refractivity (Wildman–Crippen MR) is 72.8 cm³/mol. The molecule has 92 valence electrons. The van der Waals surface area contributed by atoms with Crippen LogP contribution in [0.2, 0.25) is 5.02 Å². The van der Waals surface area contributed by atoms with Crippen molar-refractivity contribution >= 4 is 27.5 Å². The van der Waals surface area contributed by atoms with Gasteiger partial charge < -0.3 is 10.1 Å². The van der Waals surface area contributed by atoms with Gasteiger partial charge in [-0.2, -0.15) is 0 Å². The van der Waals surface area contributed by atoms with Crippen molar-refractivity contribution in [3.8, 4) is 5.75 Å². The van der Waals surface area contributed by atoms with Crippen LogP contribution in [0.3, 0.4) is 0 Å². The van der Waals surface area contributed by atoms with Crippen molar-refractivity contribution in [2.24, 2.45) is 0 Å². The van der Waals surface area contributed by atoms with E-state index in [4.69, 9.17) is 16.3 Å². The second-order valence-electron chi connectivity index (χ2n) is 4.76. The van der Waals surface area contributed by atoms with E-state index in [2.05, 4.69) is 21.2 Å². The van der Waals surface area contributed by atoms with Gasteiger partial charge in [-0.1, -0.05) is 27.5 Å². The third-order valence-electron chi connectivity index (χ3n) is 3.34. The summed E-state index contributed by atoms with van der Waals surface area (Å²) in [6.45, 7) is 0.756. The van der Waals surface area contributed by atoms with Gasteiger partial charge in [0.1, 0.15) is 5.75 Å². The molecule has 1 aromatic rings. The standard InChI is InChI=1S/C13H15BrClNO/c14-9-5-6-10(15)13-12(9)11(2-1-7-17-13)16-8-3-4-8/h5-6,8,11,16H,1-4,7H2. The molecule has 1 atom stereocenters. The number of ether oxygens (including phenoxy) is 1. The first kappa shape index (κ1) is 11.8. The summed E-state index contributed by atoms with van der Waals surface area (Å²) in [5.41, 5.74) is 1.20. The lowest BCUT2D eigenvalue weighted by atomic mass is 10.0. The van der Waals surface area contributed by atoms with Gasteiger partial charge in [0.2, 0.25) is 0 Å². The van der Waals surface area contributed by atoms with Crippen molar-refractivity contribution in [3.63, 3.8) is 0 Å². The Morgan fingerprint density at radius 1 is 1.29 bits per heavy atom. The molecular weight excluding hydrogens is 302 g/mol. The van der Waals surface area contributed by atoms with Gasteiger partial charge in [-0.05, 0) is 37.8 Å². The normalized spacial score (nSPS) is 23.8. The molecule has 1 aromatic carbocycles. The van der Waals surface area contributed by atoms with Crippen LogP contribution in [0.25, 0.3) is 0 Å². The van der Waals surface area contributed by atoms with Crippen LogP contribution in [0, 0.1) is 0 Å². The number of nitrogens with one attached hydrogen (secondary N) is 1. The van der Waals surface area contributed by atoms with Crippen LogP contribution in [-0.4, -0.2) is 12.6 Å². The molecule has 1 saturated carbocycles. The molecule has 1 unspecified atom stereocenters. The van der Waals surface area contributed by atoms with Gasteiger partial charge in [0, 0.05) is 22.1 Å². The Labute approximate surface area is 115 Å². The zero-order chi connectivity index (χ0) is 11.8. The van der Waals surface area contributed by atoms with Crippen LogP contribution in [0.1, 0.15) is 37.3 Å². The summed E-state index contributed by atoms with van der Waals surface area (Å²) in [5.74, 6) is 0.858. The Bertz CT molecular complexity index is 434. The average Bonchev–Trinajstić information content (AvgIpc) is 3.12. The maximum atomic E-state index is 6.23. The largest absolute Gasteiger partial charge is 0.492 e. The quantitative estimate of drug-likeness (QED) is 0.888. The molecule has 17 heavy (non-hydrogen) atoms. The minimum atomic E-state index is 0.369. The van der Waals surface area contributed by atoms with E-state index < -0.39 is 0 Å². The van der Waals surface area contributed by atoms with Crippen LogP contribution >= 0.6 is 27.5 Å². The lowest BCUT2D eigenvalue weighted by molar-refractivity contribution is 0.315. The fourth-order valence-corrected chi connectivity index (χ4v) is 3.14. The molecule has 0 aromatic heterocycles. The molecule has 0 saturated heterocycles. The molecule has 1 heterocycles. The molecule has 1 aliphatic carbocycles. The number of benzene rings is 1. The molecule has 0 bridgehead atoms. The number of rotatable bonds is 2. The van der Waals surface area contributed by atoms with E-state index in [0.717, 1.165) is 29.7 Å². The molecule has 1 aliphatic heterocycles. The average molecular weight is 317 g/mol. The second-order valence-corrected chi connectivity index (χ2v) is 6.02. The molecule has 2 nitrogen and oxygen atoms in total. The second kappa shape index (κ2) is 4.79. The fraction of sp³-hybridized carbons (Fsp3) is 0.538. The third-order valence-corrected chi connectivity index (χ3v) is 4.33. The highest BCUT2D eigenvalue weighted by molar-refractivity contribution is 9.10. The molecule has 0 radical (unpaired) electrons. The van der Waals surface area contributed by atoms with E-state index in [-0.39, 0.29) is 0 Å². The first-order valence-corrected chi connectivity index (χ1v) is 7.29. The van der Waals surface area contributed by atoms with E-state index >= 15 is 0 Å². The third kappa shape index (κ3) is 2.47. The molecule has 3 rings (SSSR count). The van der Waals surface area contributed by atoms with Crippen LogP contribution in [-0.2, 0) is 0 Å². The molecular formula is C13H15BrClNO. The molecule has 0 spiro atoms. The monoisotopic (exact) mass is 315 g/mol. The number of fused-ring (bicyclic) bond motifs is 1. The minimum Gasteiger partial charge on any atom is -0.492 e. The maximum absolute atomic E-state index is 6.23. The highest BCUT2D eigenvalue weighted by Gasteiger charge is 2.30. The summed E-state index contributed by atoms with van der Waals surface area (Å²) < 4.78 is 6.88. The summed E-state index contributed by atoms with van der Waals surface area (Å²) in [6.07, 6.45) is 4.78. The Hall–Kier alpha value is -0.250. The summed E-state index contributed by atoms with van der Waals surface area (Å²) in [5, 5.41) is 4.40. The Kier molecular flexibility index (Phi) is 3.33. The van der Waals surface area contributed by atoms with Gasteiger partial charge in [0.05, 0.1) is 11.6 Å². The molecule has 1 N–H and O–H groups in total. The summed E-state index contributed by atoms with van der Waals surface area (Å²) in [6, 6.07) is 4.96. The topological polar surface area (TPSA) is 21.3 Å². The Balaban J connectivity index is 1.99. The van der Waals surface area contributed by atoms with Crippen LogP contribution < -0.4 is 10.1 Å². The van der Waals surface area contributed by atoms with E-state index in [1.165, 1.54) is 18.4 Å². The van der Waals surface area contributed by atoms with Crippen LogP contribution in [0.5, 0.6) is 5.75 Å². The van der Waals surface area contributed by atoms with E-state index in [1.54, 1.807) is 0 Å². The summed E-state index contributed by atoms with van der Waals surface area (Å²) in [4.78, 5) is 0. The highest BCUT2D eigenvalue weighted by Crippen LogP contribution is 2.42. The van der Waals surface area contributed by atoms with Crippen LogP contribution in [0.4, 0.5) is 0 Å². The number of hydrogen-bond acceptors (Lipinski definition) is 2. The van der Waals surface area contributed by atoms with Gasteiger partial charge in [-0.3, -0.25) is 0 Å². The summed E-state index contributed by atoms with van der Waals surface area (Å²) in [7, 11) is 0. The van der Waals surface area contributed by atoms with Crippen molar-refractivity contribution < 1.29 is 4.74 Å². The van der Waals surface area contributed by atoms with Gasteiger partial charge in [0.25, 0.3) is 0 Å². The van der Waals surface area contributed by atoms with Crippen molar-refractivity contribution in [3.05, 3.63) is 27.2 Å². The van der Waals surface area contributed by atoms with Crippen molar-refractivity contribution in [1.82, 2.24) is 5.32 Å². The predicted octanol–water partition coefficient (Wildman–Crippen LogP) is 4.07. The van der Waals surface area contributed by atoms with Gasteiger partial charge >= 0.3 is 0 Å². The van der Waals surface area contributed by atoms with E-state index in [0.29, 0.717) is 17.1 Å². The molecule has 2 aliphatic rings. The minimum absolute atomic E-state index is 0.369. The fourth-order valence-electron chi connectivity index (χ4n) is 2.33. The lowest BCUT2D eigenvalue weighted by Gasteiger charge is -2.20.